The van der Waals surface area contributed by atoms with E-state index in [2.05, 4.69) is 51.8 Å². The highest BCUT2D eigenvalue weighted by molar-refractivity contribution is 4.81. The fraction of sp³-hybridized carbons (Fsp3) is 1.00. The molecule has 0 saturated carbocycles. The summed E-state index contributed by atoms with van der Waals surface area (Å²) in [6, 6.07) is 0.659. The lowest BCUT2D eigenvalue weighted by molar-refractivity contribution is 0.127. The molecule has 0 radical (unpaired) electrons. The molecule has 0 rings (SSSR count). The minimum absolute atomic E-state index is 0.411. The highest BCUT2D eigenvalue weighted by Crippen LogP contribution is 2.23. The second-order valence-corrected chi connectivity index (χ2v) is 5.91. The van der Waals surface area contributed by atoms with Crippen molar-refractivity contribution in [1.82, 2.24) is 10.2 Å². The predicted molar refractivity (Wildman–Crippen MR) is 78.6 cm³/mol. The van der Waals surface area contributed by atoms with Gasteiger partial charge in [-0.25, -0.2) is 0 Å². The Hall–Kier alpha value is -0.0800. The van der Waals surface area contributed by atoms with Crippen LogP contribution in [-0.2, 0) is 0 Å². The van der Waals surface area contributed by atoms with Gasteiger partial charge in [0.05, 0.1) is 0 Å². The van der Waals surface area contributed by atoms with Gasteiger partial charge in [-0.05, 0) is 51.6 Å². The number of hydrogen-bond donors (Lipinski definition) is 1. The maximum Gasteiger partial charge on any atom is 0.00501 e. The van der Waals surface area contributed by atoms with Crippen molar-refractivity contribution in [3.05, 3.63) is 0 Å². The van der Waals surface area contributed by atoms with E-state index in [0.29, 0.717) is 11.5 Å². The van der Waals surface area contributed by atoms with E-state index in [4.69, 9.17) is 0 Å². The van der Waals surface area contributed by atoms with E-state index < -0.39 is 0 Å². The van der Waals surface area contributed by atoms with Gasteiger partial charge in [0.25, 0.3) is 0 Å². The molecule has 1 unspecified atom stereocenters. The van der Waals surface area contributed by atoms with Crippen molar-refractivity contribution in [2.75, 3.05) is 26.2 Å². The molecule has 0 aliphatic carbocycles. The molecule has 1 N–H and O–H groups in total. The van der Waals surface area contributed by atoms with Crippen molar-refractivity contribution < 1.29 is 0 Å². The third-order valence-electron chi connectivity index (χ3n) is 3.66. The normalized spacial score (nSPS) is 15.5. The molecule has 0 bridgehead atoms. The second kappa shape index (κ2) is 8.93. The average molecular weight is 242 g/mol. The van der Waals surface area contributed by atoms with Crippen LogP contribution in [0.5, 0.6) is 0 Å². The fourth-order valence-corrected chi connectivity index (χ4v) is 2.16. The third-order valence-corrected chi connectivity index (χ3v) is 3.66. The van der Waals surface area contributed by atoms with Gasteiger partial charge in [-0.2, -0.15) is 0 Å². The van der Waals surface area contributed by atoms with Crippen LogP contribution in [0.2, 0.25) is 0 Å². The standard InChI is InChI=1S/C15H34N2/c1-7-10-16-12-15(6,9-3)13-17(11-8-2)14(4)5/h14,16H,7-13H2,1-6H3. The molecule has 2 nitrogen and oxygen atoms in total. The Bertz CT molecular complexity index is 180. The van der Waals surface area contributed by atoms with Gasteiger partial charge < -0.3 is 10.2 Å². The predicted octanol–water partition coefficient (Wildman–Crippen LogP) is 3.52. The van der Waals surface area contributed by atoms with Crippen LogP contribution in [0, 0.1) is 5.41 Å². The van der Waals surface area contributed by atoms with Crippen LogP contribution in [-0.4, -0.2) is 37.1 Å². The van der Waals surface area contributed by atoms with Gasteiger partial charge in [0.2, 0.25) is 0 Å². The van der Waals surface area contributed by atoms with E-state index in [1.54, 1.807) is 0 Å². The molecule has 0 aromatic carbocycles. The minimum atomic E-state index is 0.411. The Morgan fingerprint density at radius 3 is 2.18 bits per heavy atom. The number of rotatable bonds is 10. The van der Waals surface area contributed by atoms with Crippen molar-refractivity contribution in [2.45, 2.75) is 66.8 Å². The summed E-state index contributed by atoms with van der Waals surface area (Å²) >= 11 is 0. The van der Waals surface area contributed by atoms with Crippen molar-refractivity contribution in [1.29, 1.82) is 0 Å². The highest BCUT2D eigenvalue weighted by atomic mass is 15.2. The number of nitrogens with zero attached hydrogens (tertiary/aromatic N) is 1. The van der Waals surface area contributed by atoms with Crippen LogP contribution < -0.4 is 5.32 Å². The molecule has 0 aliphatic rings. The van der Waals surface area contributed by atoms with Crippen LogP contribution in [0.15, 0.2) is 0 Å². The van der Waals surface area contributed by atoms with Crippen molar-refractivity contribution in [2.24, 2.45) is 5.41 Å². The summed E-state index contributed by atoms with van der Waals surface area (Å²) in [7, 11) is 0. The van der Waals surface area contributed by atoms with Crippen LogP contribution in [0.4, 0.5) is 0 Å². The molecule has 0 fully saturated rings. The molecule has 1 atom stereocenters. The molecule has 0 aromatic heterocycles. The van der Waals surface area contributed by atoms with Crippen LogP contribution in [0.3, 0.4) is 0 Å². The molecule has 0 amide bonds. The molecule has 0 saturated heterocycles. The Balaban J connectivity index is 4.30. The molecular weight excluding hydrogens is 208 g/mol. The molecular formula is C15H34N2. The Morgan fingerprint density at radius 2 is 1.76 bits per heavy atom. The van der Waals surface area contributed by atoms with Gasteiger partial charge >= 0.3 is 0 Å². The monoisotopic (exact) mass is 242 g/mol. The second-order valence-electron chi connectivity index (χ2n) is 5.91. The first-order valence-electron chi connectivity index (χ1n) is 7.43. The Labute approximate surface area is 109 Å². The molecule has 0 spiro atoms. The van der Waals surface area contributed by atoms with Gasteiger partial charge in [0, 0.05) is 19.1 Å². The smallest absolute Gasteiger partial charge is 0.00501 e. The first kappa shape index (κ1) is 16.9. The molecule has 104 valence electrons. The van der Waals surface area contributed by atoms with Crippen molar-refractivity contribution in [3.63, 3.8) is 0 Å². The Kier molecular flexibility index (Phi) is 8.89. The van der Waals surface area contributed by atoms with Crippen LogP contribution in [0.25, 0.3) is 0 Å². The topological polar surface area (TPSA) is 15.3 Å². The zero-order valence-electron chi connectivity index (χ0n) is 13.0. The SMILES string of the molecule is CCCNCC(C)(CC)CN(CCC)C(C)C. The summed E-state index contributed by atoms with van der Waals surface area (Å²) in [5, 5.41) is 3.59. The summed E-state index contributed by atoms with van der Waals surface area (Å²) < 4.78 is 0. The maximum atomic E-state index is 3.59. The van der Waals surface area contributed by atoms with E-state index in [-0.39, 0.29) is 0 Å². The lowest BCUT2D eigenvalue weighted by Crippen LogP contribution is -2.45. The molecule has 0 aliphatic heterocycles. The van der Waals surface area contributed by atoms with E-state index in [0.717, 1.165) is 13.1 Å². The van der Waals surface area contributed by atoms with Crippen molar-refractivity contribution >= 4 is 0 Å². The van der Waals surface area contributed by atoms with Gasteiger partial charge in [0.15, 0.2) is 0 Å². The maximum absolute atomic E-state index is 3.59. The average Bonchev–Trinajstić information content (AvgIpc) is 2.29. The van der Waals surface area contributed by atoms with E-state index in [1.807, 2.05) is 0 Å². The molecule has 0 heterocycles. The summed E-state index contributed by atoms with van der Waals surface area (Å²) in [5.41, 5.74) is 0.411. The largest absolute Gasteiger partial charge is 0.316 e. The third kappa shape index (κ3) is 7.05. The highest BCUT2D eigenvalue weighted by Gasteiger charge is 2.25. The quantitative estimate of drug-likeness (QED) is 0.590. The zero-order valence-corrected chi connectivity index (χ0v) is 13.0. The lowest BCUT2D eigenvalue weighted by atomic mass is 9.86. The molecule has 0 aromatic rings. The van der Waals surface area contributed by atoms with Crippen LogP contribution >= 0.6 is 0 Å². The lowest BCUT2D eigenvalue weighted by Gasteiger charge is -2.37. The Morgan fingerprint density at radius 1 is 1.12 bits per heavy atom. The summed E-state index contributed by atoms with van der Waals surface area (Å²) in [6.45, 7) is 18.6. The van der Waals surface area contributed by atoms with E-state index in [1.165, 1.54) is 32.4 Å². The van der Waals surface area contributed by atoms with Crippen LogP contribution in [0.1, 0.15) is 60.8 Å². The number of hydrogen-bond acceptors (Lipinski definition) is 2. The van der Waals surface area contributed by atoms with E-state index in [9.17, 15) is 0 Å². The summed E-state index contributed by atoms with van der Waals surface area (Å²) in [4.78, 5) is 2.62. The zero-order chi connectivity index (χ0) is 13.3. The van der Waals surface area contributed by atoms with Gasteiger partial charge in [-0.3, -0.25) is 0 Å². The fourth-order valence-electron chi connectivity index (χ4n) is 2.16. The molecule has 2 heteroatoms. The van der Waals surface area contributed by atoms with Gasteiger partial charge in [-0.15, -0.1) is 0 Å². The van der Waals surface area contributed by atoms with E-state index >= 15 is 0 Å². The van der Waals surface area contributed by atoms with Gasteiger partial charge in [-0.1, -0.05) is 27.7 Å². The van der Waals surface area contributed by atoms with Crippen molar-refractivity contribution in [3.8, 4) is 0 Å². The first-order chi connectivity index (χ1) is 7.99. The summed E-state index contributed by atoms with van der Waals surface area (Å²) in [5.74, 6) is 0. The number of nitrogens with one attached hydrogen (secondary N) is 1. The minimum Gasteiger partial charge on any atom is -0.316 e. The molecule has 17 heavy (non-hydrogen) atoms. The van der Waals surface area contributed by atoms with Gasteiger partial charge in [0.1, 0.15) is 0 Å². The first-order valence-corrected chi connectivity index (χ1v) is 7.43. The summed E-state index contributed by atoms with van der Waals surface area (Å²) in [6.07, 6.45) is 3.72.